The van der Waals surface area contributed by atoms with Crippen LogP contribution < -0.4 is 5.32 Å². The van der Waals surface area contributed by atoms with Gasteiger partial charge in [-0.15, -0.1) is 0 Å². The summed E-state index contributed by atoms with van der Waals surface area (Å²) < 4.78 is 0. The molecule has 7 atom stereocenters. The lowest BCUT2D eigenvalue weighted by Crippen LogP contribution is -2.57. The Bertz CT molecular complexity index is 961. The Morgan fingerprint density at radius 2 is 1.86 bits per heavy atom. The van der Waals surface area contributed by atoms with Crippen LogP contribution in [0.3, 0.4) is 0 Å². The first kappa shape index (κ1) is 25.8. The van der Waals surface area contributed by atoms with Gasteiger partial charge in [-0.2, -0.15) is 0 Å². The van der Waals surface area contributed by atoms with E-state index in [1.165, 1.54) is 12.5 Å². The molecule has 9 heteroatoms. The van der Waals surface area contributed by atoms with Crippen molar-refractivity contribution in [2.45, 2.75) is 83.8 Å². The van der Waals surface area contributed by atoms with E-state index in [0.29, 0.717) is 24.2 Å². The summed E-state index contributed by atoms with van der Waals surface area (Å²) in [5.41, 5.74) is 0.632. The van der Waals surface area contributed by atoms with Gasteiger partial charge in [0, 0.05) is 5.41 Å². The van der Waals surface area contributed by atoms with Gasteiger partial charge in [-0.25, -0.2) is 4.79 Å². The second-order valence-corrected chi connectivity index (χ2v) is 11.4. The molecule has 194 valence electrons. The number of nitrogens with one attached hydrogen (secondary N) is 1. The number of hydrogen-bond donors (Lipinski definition) is 4. The first-order chi connectivity index (χ1) is 16.5. The SMILES string of the molecule is CC(=O)[C@@]1(O)CC[C@H]2[C@@H]3CCC4=CC(=NOCC(=O)NC(CO)C(=O)O)CC[C@]4(C)[C@H]3CC[C@@]21C. The second-order valence-electron chi connectivity index (χ2n) is 11.4. The maximum Gasteiger partial charge on any atom is 0.328 e. The molecule has 4 N–H and O–H groups in total. The summed E-state index contributed by atoms with van der Waals surface area (Å²) in [6, 6.07) is -1.37. The molecule has 0 aliphatic heterocycles. The number of oxime groups is 1. The van der Waals surface area contributed by atoms with Crippen LogP contribution in [-0.4, -0.2) is 63.5 Å². The molecule has 4 aliphatic carbocycles. The number of fused-ring (bicyclic) bond motifs is 5. The van der Waals surface area contributed by atoms with Crippen LogP contribution in [0, 0.1) is 28.6 Å². The molecule has 4 rings (SSSR count). The lowest BCUT2D eigenvalue weighted by atomic mass is 9.46. The third kappa shape index (κ3) is 4.20. The van der Waals surface area contributed by atoms with Crippen molar-refractivity contribution in [2.75, 3.05) is 13.2 Å². The van der Waals surface area contributed by atoms with E-state index in [2.05, 4.69) is 30.4 Å². The number of allylic oxidation sites excluding steroid dienone is 2. The summed E-state index contributed by atoms with van der Waals surface area (Å²) in [5, 5.41) is 35.5. The molecule has 1 amide bonds. The van der Waals surface area contributed by atoms with Gasteiger partial charge >= 0.3 is 5.97 Å². The number of carbonyl (C=O) groups is 3. The van der Waals surface area contributed by atoms with E-state index >= 15 is 0 Å². The smallest absolute Gasteiger partial charge is 0.328 e. The summed E-state index contributed by atoms with van der Waals surface area (Å²) in [7, 11) is 0. The van der Waals surface area contributed by atoms with Crippen LogP contribution >= 0.6 is 0 Å². The number of nitrogens with zero attached hydrogens (tertiary/aromatic N) is 1. The Hall–Kier alpha value is -2.26. The van der Waals surface area contributed by atoms with Gasteiger partial charge in [0.05, 0.1) is 12.3 Å². The van der Waals surface area contributed by atoms with Crippen molar-refractivity contribution in [2.24, 2.45) is 33.7 Å². The average molecular weight is 491 g/mol. The van der Waals surface area contributed by atoms with E-state index in [1.807, 2.05) is 0 Å². The Morgan fingerprint density at radius 3 is 2.51 bits per heavy atom. The minimum absolute atomic E-state index is 0.0490. The minimum atomic E-state index is -1.37. The van der Waals surface area contributed by atoms with E-state index in [-0.39, 0.29) is 16.6 Å². The fraction of sp³-hybridized carbons (Fsp3) is 0.769. The quantitative estimate of drug-likeness (QED) is 0.400. The van der Waals surface area contributed by atoms with Crippen molar-refractivity contribution < 1.29 is 34.5 Å². The zero-order chi connectivity index (χ0) is 25.6. The zero-order valence-corrected chi connectivity index (χ0v) is 20.9. The summed E-state index contributed by atoms with van der Waals surface area (Å²) in [5.74, 6) is -0.696. The Labute approximate surface area is 206 Å². The number of aliphatic carboxylic acids is 1. The predicted molar refractivity (Wildman–Crippen MR) is 127 cm³/mol. The highest BCUT2D eigenvalue weighted by atomic mass is 16.6. The number of ketones is 1. The maximum absolute atomic E-state index is 12.4. The molecule has 3 saturated carbocycles. The van der Waals surface area contributed by atoms with Gasteiger partial charge in [0.2, 0.25) is 0 Å². The van der Waals surface area contributed by atoms with E-state index in [9.17, 15) is 19.5 Å². The standard InChI is InChI=1S/C26H38N2O7/c1-15(30)26(34)11-8-20-18-5-4-16-12-17(28-35-14-22(31)27-21(13-29)23(32)33)6-9-24(16,2)19(18)7-10-25(20,26)3/h12,18-21,29,34H,4-11,13-14H2,1-3H3,(H,27,31)(H,32,33)/t18-,19+,20+,21?,24+,25+,26+/m1/s1. The van der Waals surface area contributed by atoms with Crippen molar-refractivity contribution >= 4 is 23.4 Å². The molecule has 4 aliphatic rings. The van der Waals surface area contributed by atoms with Crippen LogP contribution in [0.15, 0.2) is 16.8 Å². The fourth-order valence-electron chi connectivity index (χ4n) is 7.83. The van der Waals surface area contributed by atoms with E-state index in [1.54, 1.807) is 0 Å². The van der Waals surface area contributed by atoms with Crippen LogP contribution in [0.4, 0.5) is 0 Å². The normalized spacial score (nSPS) is 40.1. The number of hydrogen-bond acceptors (Lipinski definition) is 7. The summed E-state index contributed by atoms with van der Waals surface area (Å²) in [4.78, 5) is 40.4. The number of rotatable bonds is 7. The molecule has 0 radical (unpaired) electrons. The van der Waals surface area contributed by atoms with Crippen molar-refractivity contribution in [1.29, 1.82) is 0 Å². The van der Waals surface area contributed by atoms with E-state index < -0.39 is 36.7 Å². The molecule has 3 fully saturated rings. The Balaban J connectivity index is 1.43. The zero-order valence-electron chi connectivity index (χ0n) is 20.9. The molecule has 1 unspecified atom stereocenters. The largest absolute Gasteiger partial charge is 0.480 e. The third-order valence-electron chi connectivity index (χ3n) is 9.90. The molecule has 0 aromatic heterocycles. The highest BCUT2D eigenvalue weighted by Crippen LogP contribution is 2.67. The molecule has 35 heavy (non-hydrogen) atoms. The van der Waals surface area contributed by atoms with Crippen LogP contribution in [-0.2, 0) is 19.2 Å². The number of aliphatic hydroxyl groups is 2. The van der Waals surface area contributed by atoms with Gasteiger partial charge in [-0.3, -0.25) is 9.59 Å². The van der Waals surface area contributed by atoms with E-state index in [4.69, 9.17) is 15.1 Å². The topological polar surface area (TPSA) is 146 Å². The maximum atomic E-state index is 12.4. The number of Topliss-reactive ketones (excluding diaryl/α,β-unsaturated/α-hetero) is 1. The van der Waals surface area contributed by atoms with Crippen LogP contribution in [0.1, 0.15) is 72.1 Å². The van der Waals surface area contributed by atoms with Crippen molar-refractivity contribution in [3.05, 3.63) is 11.6 Å². The average Bonchev–Trinajstić information content (AvgIpc) is 3.09. The third-order valence-corrected chi connectivity index (χ3v) is 9.90. The number of aliphatic hydroxyl groups excluding tert-OH is 1. The first-order valence-electron chi connectivity index (χ1n) is 12.7. The summed E-state index contributed by atoms with van der Waals surface area (Å²) in [6.45, 7) is 4.90. The van der Waals surface area contributed by atoms with Crippen LogP contribution in [0.2, 0.25) is 0 Å². The Kier molecular flexibility index (Phi) is 6.87. The molecule has 0 aromatic carbocycles. The molecule has 9 nitrogen and oxygen atoms in total. The van der Waals surface area contributed by atoms with Gasteiger partial charge in [0.25, 0.3) is 5.91 Å². The number of carboxylic acids is 1. The molecular weight excluding hydrogens is 452 g/mol. The molecule has 0 saturated heterocycles. The minimum Gasteiger partial charge on any atom is -0.480 e. The van der Waals surface area contributed by atoms with E-state index in [0.717, 1.165) is 50.7 Å². The molecule has 0 heterocycles. The monoisotopic (exact) mass is 490 g/mol. The number of carbonyl (C=O) groups excluding carboxylic acids is 2. The lowest BCUT2D eigenvalue weighted by Gasteiger charge is -2.59. The lowest BCUT2D eigenvalue weighted by molar-refractivity contribution is -0.159. The van der Waals surface area contributed by atoms with Gasteiger partial charge in [0.1, 0.15) is 11.6 Å². The van der Waals surface area contributed by atoms with Crippen molar-refractivity contribution in [3.8, 4) is 0 Å². The summed E-state index contributed by atoms with van der Waals surface area (Å²) >= 11 is 0. The highest BCUT2D eigenvalue weighted by molar-refractivity contribution is 5.96. The van der Waals surface area contributed by atoms with Gasteiger partial charge in [-0.05, 0) is 87.5 Å². The molecule has 0 spiro atoms. The van der Waals surface area contributed by atoms with Crippen LogP contribution in [0.5, 0.6) is 0 Å². The number of amides is 1. The Morgan fingerprint density at radius 1 is 1.14 bits per heavy atom. The predicted octanol–water partition coefficient (Wildman–Crippen LogP) is 2.20. The van der Waals surface area contributed by atoms with Crippen molar-refractivity contribution in [3.63, 3.8) is 0 Å². The van der Waals surface area contributed by atoms with Gasteiger partial charge in [-0.1, -0.05) is 24.6 Å². The second kappa shape index (κ2) is 9.32. The molecule has 0 bridgehead atoms. The van der Waals surface area contributed by atoms with Gasteiger partial charge < -0.3 is 25.5 Å². The molecule has 0 aromatic rings. The highest BCUT2D eigenvalue weighted by Gasteiger charge is 2.65. The first-order valence-corrected chi connectivity index (χ1v) is 12.7. The number of carboxylic acid groups (broad SMARTS) is 1. The van der Waals surface area contributed by atoms with Crippen LogP contribution in [0.25, 0.3) is 0 Å². The summed E-state index contributed by atoms with van der Waals surface area (Å²) in [6.07, 6.45) is 9.07. The van der Waals surface area contributed by atoms with Crippen molar-refractivity contribution in [1.82, 2.24) is 5.32 Å². The van der Waals surface area contributed by atoms with Gasteiger partial charge in [0.15, 0.2) is 12.4 Å². The molecular formula is C26H38N2O7. The fourth-order valence-corrected chi connectivity index (χ4v) is 7.83.